The van der Waals surface area contributed by atoms with Gasteiger partial charge in [0.25, 0.3) is 0 Å². The van der Waals surface area contributed by atoms with Crippen LogP contribution in [0.15, 0.2) is 6.33 Å². The molecule has 1 aromatic rings. The molecular weight excluding hydrogens is 258 g/mol. The molecule has 0 unspecified atom stereocenters. The molecule has 0 radical (unpaired) electrons. The maximum absolute atomic E-state index is 12.5. The summed E-state index contributed by atoms with van der Waals surface area (Å²) in [6.45, 7) is 8.70. The van der Waals surface area contributed by atoms with Gasteiger partial charge in [-0.1, -0.05) is 0 Å². The van der Waals surface area contributed by atoms with Crippen molar-refractivity contribution in [1.82, 2.24) is 25.0 Å². The highest BCUT2D eigenvalue weighted by Crippen LogP contribution is 2.18. The summed E-state index contributed by atoms with van der Waals surface area (Å²) in [6, 6.07) is -0.171. The Balaban J connectivity index is 2.01. The number of rotatable bonds is 4. The van der Waals surface area contributed by atoms with Crippen LogP contribution in [0.25, 0.3) is 0 Å². The first-order valence-corrected chi connectivity index (χ1v) is 6.90. The Morgan fingerprint density at radius 1 is 1.45 bits per heavy atom. The lowest BCUT2D eigenvalue weighted by Crippen LogP contribution is -2.58. The molecule has 1 aliphatic heterocycles. The molecule has 1 amide bonds. The highest BCUT2D eigenvalue weighted by molar-refractivity contribution is 5.85. The predicted octanol–water partition coefficient (Wildman–Crippen LogP) is 0.103. The average Bonchev–Trinajstić information content (AvgIpc) is 2.86. The topological polar surface area (TPSA) is 72.3 Å². The second-order valence-electron chi connectivity index (χ2n) is 5.65. The Morgan fingerprint density at radius 2 is 2.10 bits per heavy atom. The minimum absolute atomic E-state index is 0.00472. The van der Waals surface area contributed by atoms with Gasteiger partial charge < -0.3 is 14.6 Å². The lowest BCUT2D eigenvalue weighted by Gasteiger charge is -2.39. The molecule has 0 bridgehead atoms. The Hall–Kier alpha value is -1.47. The Bertz CT molecular complexity index is 465. The summed E-state index contributed by atoms with van der Waals surface area (Å²) in [4.78, 5) is 14.7. The number of ether oxygens (including phenoxy) is 1. The minimum atomic E-state index is -0.559. The van der Waals surface area contributed by atoms with E-state index in [1.165, 1.54) is 0 Å². The first-order chi connectivity index (χ1) is 9.43. The van der Waals surface area contributed by atoms with E-state index in [0.29, 0.717) is 13.2 Å². The van der Waals surface area contributed by atoms with E-state index in [1.807, 2.05) is 32.4 Å². The minimum Gasteiger partial charge on any atom is -0.379 e. The number of amides is 1. The normalized spacial score (nSPS) is 18.8. The van der Waals surface area contributed by atoms with Crippen molar-refractivity contribution < 1.29 is 9.53 Å². The molecule has 112 valence electrons. The van der Waals surface area contributed by atoms with E-state index in [0.717, 1.165) is 18.9 Å². The Kier molecular flexibility index (Phi) is 4.39. The van der Waals surface area contributed by atoms with Gasteiger partial charge in [0.2, 0.25) is 5.91 Å². The summed E-state index contributed by atoms with van der Waals surface area (Å²) >= 11 is 0. The number of carbonyl (C=O) groups excluding carboxylic acids is 1. The van der Waals surface area contributed by atoms with E-state index in [1.54, 1.807) is 6.33 Å². The van der Waals surface area contributed by atoms with Crippen LogP contribution in [0.2, 0.25) is 0 Å². The van der Waals surface area contributed by atoms with Gasteiger partial charge in [-0.05, 0) is 20.8 Å². The van der Waals surface area contributed by atoms with Gasteiger partial charge in [0, 0.05) is 20.1 Å². The third kappa shape index (κ3) is 2.99. The average molecular weight is 281 g/mol. The largest absolute Gasteiger partial charge is 0.379 e. The van der Waals surface area contributed by atoms with Crippen LogP contribution in [-0.4, -0.2) is 57.4 Å². The summed E-state index contributed by atoms with van der Waals surface area (Å²) < 4.78 is 7.15. The fourth-order valence-corrected chi connectivity index (χ4v) is 2.39. The molecule has 20 heavy (non-hydrogen) atoms. The molecule has 0 spiro atoms. The van der Waals surface area contributed by atoms with Crippen LogP contribution in [-0.2, 0) is 16.6 Å². The Labute approximate surface area is 119 Å². The van der Waals surface area contributed by atoms with Gasteiger partial charge in [0.15, 0.2) is 5.82 Å². The number of hydrogen-bond acceptors (Lipinski definition) is 5. The quantitative estimate of drug-likeness (QED) is 0.847. The summed E-state index contributed by atoms with van der Waals surface area (Å²) in [5, 5.41) is 10.9. The maximum Gasteiger partial charge on any atom is 0.240 e. The molecule has 1 aromatic heterocycles. The van der Waals surface area contributed by atoms with Crippen molar-refractivity contribution in [2.24, 2.45) is 7.05 Å². The second-order valence-corrected chi connectivity index (χ2v) is 5.65. The summed E-state index contributed by atoms with van der Waals surface area (Å²) in [7, 11) is 1.87. The van der Waals surface area contributed by atoms with E-state index in [-0.39, 0.29) is 11.9 Å². The molecule has 2 heterocycles. The van der Waals surface area contributed by atoms with Gasteiger partial charge in [-0.25, -0.2) is 0 Å². The van der Waals surface area contributed by atoms with E-state index in [4.69, 9.17) is 4.74 Å². The molecule has 1 saturated heterocycles. The molecule has 7 heteroatoms. The van der Waals surface area contributed by atoms with Gasteiger partial charge in [-0.3, -0.25) is 9.69 Å². The van der Waals surface area contributed by atoms with Gasteiger partial charge in [0.05, 0.1) is 24.8 Å². The molecule has 1 aliphatic rings. The SMILES string of the molecule is C[C@@H](NC(=O)C(C)(C)N1CCOCC1)c1nncn1C. The van der Waals surface area contributed by atoms with Gasteiger partial charge >= 0.3 is 0 Å². The number of aryl methyl sites for hydroxylation is 1. The van der Waals surface area contributed by atoms with Crippen LogP contribution >= 0.6 is 0 Å². The van der Waals surface area contributed by atoms with Crippen molar-refractivity contribution in [3.05, 3.63) is 12.2 Å². The molecular formula is C13H23N5O2. The molecule has 1 N–H and O–H groups in total. The van der Waals surface area contributed by atoms with Crippen molar-refractivity contribution in [1.29, 1.82) is 0 Å². The number of aromatic nitrogens is 3. The molecule has 0 saturated carbocycles. The van der Waals surface area contributed by atoms with Crippen LogP contribution in [0.4, 0.5) is 0 Å². The van der Waals surface area contributed by atoms with Crippen LogP contribution in [0.3, 0.4) is 0 Å². The maximum atomic E-state index is 12.5. The standard InChI is InChI=1S/C13H23N5O2/c1-10(11-16-14-9-17(11)4)15-12(19)13(2,3)18-5-7-20-8-6-18/h9-10H,5-8H2,1-4H3,(H,15,19)/t10-/m1/s1. The van der Waals surface area contributed by atoms with E-state index < -0.39 is 5.54 Å². The lowest BCUT2D eigenvalue weighted by atomic mass is 10.0. The fraction of sp³-hybridized carbons (Fsp3) is 0.769. The zero-order valence-electron chi connectivity index (χ0n) is 12.6. The van der Waals surface area contributed by atoms with E-state index in [2.05, 4.69) is 20.4 Å². The first kappa shape index (κ1) is 14.9. The van der Waals surface area contributed by atoms with Crippen LogP contribution in [0.1, 0.15) is 32.6 Å². The van der Waals surface area contributed by atoms with Crippen molar-refractivity contribution >= 4 is 5.91 Å². The molecule has 1 fully saturated rings. The van der Waals surface area contributed by atoms with Crippen LogP contribution < -0.4 is 5.32 Å². The predicted molar refractivity (Wildman–Crippen MR) is 74.0 cm³/mol. The molecule has 0 aromatic carbocycles. The lowest BCUT2D eigenvalue weighted by molar-refractivity contribution is -0.135. The van der Waals surface area contributed by atoms with Gasteiger partial charge in [-0.2, -0.15) is 0 Å². The highest BCUT2D eigenvalue weighted by atomic mass is 16.5. The third-order valence-corrected chi connectivity index (χ3v) is 3.84. The van der Waals surface area contributed by atoms with Crippen molar-refractivity contribution in [2.75, 3.05) is 26.3 Å². The second kappa shape index (κ2) is 5.88. The van der Waals surface area contributed by atoms with Crippen LogP contribution in [0, 0.1) is 0 Å². The number of nitrogens with zero attached hydrogens (tertiary/aromatic N) is 4. The summed E-state index contributed by atoms with van der Waals surface area (Å²) in [5.41, 5.74) is -0.559. The molecule has 0 aliphatic carbocycles. The van der Waals surface area contributed by atoms with Gasteiger partial charge in [0.1, 0.15) is 6.33 Å². The number of hydrogen-bond donors (Lipinski definition) is 1. The monoisotopic (exact) mass is 281 g/mol. The number of morpholine rings is 1. The third-order valence-electron chi connectivity index (χ3n) is 3.84. The summed E-state index contributed by atoms with van der Waals surface area (Å²) in [5.74, 6) is 0.742. The Morgan fingerprint density at radius 3 is 2.65 bits per heavy atom. The molecule has 2 rings (SSSR count). The zero-order valence-corrected chi connectivity index (χ0v) is 12.6. The van der Waals surface area contributed by atoms with Crippen molar-refractivity contribution in [3.63, 3.8) is 0 Å². The smallest absolute Gasteiger partial charge is 0.240 e. The number of nitrogens with one attached hydrogen (secondary N) is 1. The number of carbonyl (C=O) groups is 1. The first-order valence-electron chi connectivity index (χ1n) is 6.90. The molecule has 7 nitrogen and oxygen atoms in total. The van der Waals surface area contributed by atoms with E-state index >= 15 is 0 Å². The van der Waals surface area contributed by atoms with Crippen LogP contribution in [0.5, 0.6) is 0 Å². The molecule has 1 atom stereocenters. The van der Waals surface area contributed by atoms with Crippen molar-refractivity contribution in [2.45, 2.75) is 32.4 Å². The van der Waals surface area contributed by atoms with Crippen molar-refractivity contribution in [3.8, 4) is 0 Å². The summed E-state index contributed by atoms with van der Waals surface area (Å²) in [6.07, 6.45) is 1.63. The fourth-order valence-electron chi connectivity index (χ4n) is 2.39. The van der Waals surface area contributed by atoms with Gasteiger partial charge in [-0.15, -0.1) is 10.2 Å². The zero-order chi connectivity index (χ0) is 14.8. The highest BCUT2D eigenvalue weighted by Gasteiger charge is 2.36. The van der Waals surface area contributed by atoms with E-state index in [9.17, 15) is 4.79 Å².